The molecule has 0 heterocycles. The third-order valence-electron chi connectivity index (χ3n) is 2.38. The first kappa shape index (κ1) is 15.9. The molecule has 0 unspecified atom stereocenters. The number of carbonyl (C=O) groups is 1. The van der Waals surface area contributed by atoms with Crippen LogP contribution in [0.4, 0.5) is 0 Å². The number of hydrogen-bond donors (Lipinski definition) is 1. The van der Waals surface area contributed by atoms with Gasteiger partial charge in [-0.3, -0.25) is 0 Å². The lowest BCUT2D eigenvalue weighted by Gasteiger charge is -2.16. The smallest absolute Gasteiger partial charge is 0.336 e. The molecule has 0 atom stereocenters. The number of aromatic carboxylic acids is 1. The summed E-state index contributed by atoms with van der Waals surface area (Å²) >= 11 is 13.5. The van der Waals surface area contributed by atoms with E-state index < -0.39 is 14.0 Å². The molecule has 0 amide bonds. The summed E-state index contributed by atoms with van der Waals surface area (Å²) in [5.41, 5.74) is 0.227. The second-order valence-corrected chi connectivity index (χ2v) is 12.7. The molecule has 2 nitrogen and oxygen atoms in total. The van der Waals surface area contributed by atoms with Crippen molar-refractivity contribution in [3.63, 3.8) is 0 Å². The number of thioether (sulfide) groups is 1. The molecule has 0 radical (unpaired) electrons. The molecule has 0 bridgehead atoms. The van der Waals surface area contributed by atoms with Gasteiger partial charge in [0.15, 0.2) is 0 Å². The summed E-state index contributed by atoms with van der Waals surface area (Å²) in [4.78, 5) is 11.7. The lowest BCUT2D eigenvalue weighted by atomic mass is 10.2. The molecule has 0 fully saturated rings. The molecule has 1 N–H and O–H groups in total. The first-order valence-electron chi connectivity index (χ1n) is 5.56. The molecular formula is C12H16Cl2O2SSi. The first-order valence-corrected chi connectivity index (χ1v) is 11.0. The van der Waals surface area contributed by atoms with Crippen LogP contribution in [0.15, 0.2) is 17.0 Å². The van der Waals surface area contributed by atoms with E-state index in [-0.39, 0.29) is 5.56 Å². The Morgan fingerprint density at radius 2 is 1.94 bits per heavy atom. The summed E-state index contributed by atoms with van der Waals surface area (Å²) in [7, 11) is -1.13. The molecule has 0 aliphatic heterocycles. The average molecular weight is 323 g/mol. The van der Waals surface area contributed by atoms with E-state index in [0.29, 0.717) is 14.9 Å². The highest BCUT2D eigenvalue weighted by Gasteiger charge is 2.18. The summed E-state index contributed by atoms with van der Waals surface area (Å²) in [6, 6.07) is 4.14. The highest BCUT2D eigenvalue weighted by molar-refractivity contribution is 7.99. The number of carboxylic acid groups (broad SMARTS) is 1. The maximum absolute atomic E-state index is 11.1. The van der Waals surface area contributed by atoms with E-state index in [1.54, 1.807) is 0 Å². The van der Waals surface area contributed by atoms with Crippen LogP contribution in [-0.4, -0.2) is 24.9 Å². The minimum Gasteiger partial charge on any atom is -0.478 e. The molecule has 1 aromatic carbocycles. The van der Waals surface area contributed by atoms with Gasteiger partial charge in [0.05, 0.1) is 15.6 Å². The Labute approximate surface area is 123 Å². The van der Waals surface area contributed by atoms with Gasteiger partial charge >= 0.3 is 5.97 Å². The highest BCUT2D eigenvalue weighted by Crippen LogP contribution is 2.37. The normalized spacial score (nSPS) is 11.6. The van der Waals surface area contributed by atoms with Crippen molar-refractivity contribution in [2.45, 2.75) is 30.6 Å². The van der Waals surface area contributed by atoms with Gasteiger partial charge in [-0.05, 0) is 23.9 Å². The van der Waals surface area contributed by atoms with Crippen molar-refractivity contribution in [2.24, 2.45) is 0 Å². The fourth-order valence-corrected chi connectivity index (χ4v) is 5.45. The lowest BCUT2D eigenvalue weighted by molar-refractivity contribution is 0.0693. The number of halogens is 2. The molecule has 1 rings (SSSR count). The number of benzene rings is 1. The van der Waals surface area contributed by atoms with Gasteiger partial charge in [-0.2, -0.15) is 0 Å². The largest absolute Gasteiger partial charge is 0.478 e. The zero-order valence-corrected chi connectivity index (χ0v) is 13.9. The van der Waals surface area contributed by atoms with Crippen LogP contribution in [0, 0.1) is 0 Å². The zero-order chi connectivity index (χ0) is 13.9. The monoisotopic (exact) mass is 322 g/mol. The zero-order valence-electron chi connectivity index (χ0n) is 10.6. The molecule has 0 aliphatic rings. The third kappa shape index (κ3) is 4.50. The van der Waals surface area contributed by atoms with Gasteiger partial charge in [0.1, 0.15) is 0 Å². The van der Waals surface area contributed by atoms with Crippen LogP contribution >= 0.6 is 35.0 Å². The predicted molar refractivity (Wildman–Crippen MR) is 82.3 cm³/mol. The Balaban J connectivity index is 2.92. The van der Waals surface area contributed by atoms with E-state index in [2.05, 4.69) is 19.6 Å². The second kappa shape index (κ2) is 6.33. The fraction of sp³-hybridized carbons (Fsp3) is 0.417. The van der Waals surface area contributed by atoms with E-state index in [4.69, 9.17) is 28.3 Å². The van der Waals surface area contributed by atoms with Gasteiger partial charge in [-0.1, -0.05) is 42.8 Å². The fourth-order valence-electron chi connectivity index (χ4n) is 1.30. The Morgan fingerprint density at radius 3 is 2.44 bits per heavy atom. The molecular weight excluding hydrogens is 307 g/mol. The highest BCUT2D eigenvalue weighted by atomic mass is 35.5. The van der Waals surface area contributed by atoms with Gasteiger partial charge in [0.2, 0.25) is 0 Å². The van der Waals surface area contributed by atoms with Crippen molar-refractivity contribution in [3.8, 4) is 0 Å². The van der Waals surface area contributed by atoms with Crippen LogP contribution < -0.4 is 0 Å². The second-order valence-electron chi connectivity index (χ2n) is 5.20. The summed E-state index contributed by atoms with van der Waals surface area (Å²) < 4.78 is 0. The van der Waals surface area contributed by atoms with E-state index in [1.807, 2.05) is 0 Å². The van der Waals surface area contributed by atoms with Crippen LogP contribution in [0.3, 0.4) is 0 Å². The standard InChI is InChI=1S/C12H16Cl2O2SSi/c1-18(2,3)7-6-17-11-8(12(15)16)4-5-9(13)10(11)14/h4-5H,6-7H2,1-3H3,(H,15,16). The SMILES string of the molecule is C[Si](C)(C)CCSc1c(C(=O)O)ccc(Cl)c1Cl. The van der Waals surface area contributed by atoms with E-state index in [9.17, 15) is 4.79 Å². The topological polar surface area (TPSA) is 37.3 Å². The number of carboxylic acids is 1. The quantitative estimate of drug-likeness (QED) is 0.603. The lowest BCUT2D eigenvalue weighted by Crippen LogP contribution is -2.19. The molecule has 0 aliphatic carbocycles. The number of rotatable bonds is 5. The molecule has 6 heteroatoms. The van der Waals surface area contributed by atoms with Gasteiger partial charge in [0, 0.05) is 13.0 Å². The summed E-state index contributed by atoms with van der Waals surface area (Å²) in [6.07, 6.45) is 0. The molecule has 0 aromatic heterocycles. The van der Waals surface area contributed by atoms with E-state index in [1.165, 1.54) is 23.9 Å². The van der Waals surface area contributed by atoms with Gasteiger partial charge in [-0.15, -0.1) is 11.8 Å². The first-order chi connectivity index (χ1) is 8.22. The Kier molecular flexibility index (Phi) is 5.59. The summed E-state index contributed by atoms with van der Waals surface area (Å²) in [5.74, 6) is -0.0974. The van der Waals surface area contributed by atoms with Crippen LogP contribution in [0.1, 0.15) is 10.4 Å². The molecule has 0 spiro atoms. The van der Waals surface area contributed by atoms with Crippen molar-refractivity contribution in [1.82, 2.24) is 0 Å². The van der Waals surface area contributed by atoms with E-state index in [0.717, 1.165) is 11.8 Å². The Hall–Kier alpha value is -0.163. The molecule has 1 aromatic rings. The van der Waals surface area contributed by atoms with Gasteiger partial charge in [0.25, 0.3) is 0 Å². The van der Waals surface area contributed by atoms with Gasteiger partial charge < -0.3 is 5.11 Å². The van der Waals surface area contributed by atoms with Crippen LogP contribution in [0.5, 0.6) is 0 Å². The maximum Gasteiger partial charge on any atom is 0.336 e. The molecule has 0 saturated heterocycles. The van der Waals surface area contributed by atoms with Crippen molar-refractivity contribution >= 4 is 49.0 Å². The Bertz CT molecular complexity index is 458. The van der Waals surface area contributed by atoms with Crippen molar-refractivity contribution in [1.29, 1.82) is 0 Å². The summed E-state index contributed by atoms with van der Waals surface area (Å²) in [6.45, 7) is 6.85. The maximum atomic E-state index is 11.1. The number of hydrogen-bond acceptors (Lipinski definition) is 2. The molecule has 0 saturated carbocycles. The Morgan fingerprint density at radius 1 is 1.33 bits per heavy atom. The van der Waals surface area contributed by atoms with Crippen LogP contribution in [0.25, 0.3) is 0 Å². The molecule has 100 valence electrons. The van der Waals surface area contributed by atoms with Crippen LogP contribution in [-0.2, 0) is 0 Å². The van der Waals surface area contributed by atoms with Gasteiger partial charge in [-0.25, -0.2) is 4.79 Å². The third-order valence-corrected chi connectivity index (χ3v) is 6.53. The van der Waals surface area contributed by atoms with E-state index >= 15 is 0 Å². The van der Waals surface area contributed by atoms with Crippen molar-refractivity contribution < 1.29 is 9.90 Å². The minimum absolute atomic E-state index is 0.227. The minimum atomic E-state index is -1.13. The van der Waals surface area contributed by atoms with Crippen LogP contribution in [0.2, 0.25) is 35.7 Å². The van der Waals surface area contributed by atoms with Crippen molar-refractivity contribution in [2.75, 3.05) is 5.75 Å². The predicted octanol–water partition coefficient (Wildman–Crippen LogP) is 5.12. The summed E-state index contributed by atoms with van der Waals surface area (Å²) in [5, 5.41) is 9.88. The average Bonchev–Trinajstić information content (AvgIpc) is 2.22. The molecule has 18 heavy (non-hydrogen) atoms. The van der Waals surface area contributed by atoms with Crippen molar-refractivity contribution in [3.05, 3.63) is 27.7 Å².